The number of hydrogen-bond acceptors (Lipinski definition) is 2. The molecule has 3 heteroatoms. The Balaban J connectivity index is 2.02. The van der Waals surface area contributed by atoms with Crippen molar-refractivity contribution in [2.45, 2.75) is 20.8 Å². The van der Waals surface area contributed by atoms with Crippen LogP contribution in [0.25, 0.3) is 20.8 Å². The molecular weight excluding hydrogens is 288 g/mol. The molecule has 0 saturated heterocycles. The van der Waals surface area contributed by atoms with Crippen LogP contribution in [0, 0.1) is 6.92 Å². The number of hydrogen-bond donors (Lipinski definition) is 0. The zero-order valence-electron chi connectivity index (χ0n) is 13.8. The van der Waals surface area contributed by atoms with Crippen LogP contribution in [-0.4, -0.2) is 13.1 Å². The molecule has 22 heavy (non-hydrogen) atoms. The average Bonchev–Trinajstić information content (AvgIpc) is 2.85. The third kappa shape index (κ3) is 2.61. The molecule has 0 aliphatic carbocycles. The molecule has 1 aromatic heterocycles. The van der Waals surface area contributed by atoms with Gasteiger partial charge in [-0.3, -0.25) is 0 Å². The SMILES string of the molecule is CCN(CC)c1ccc(-c2sc3cc(C)ccc3[n+]2C)cc1. The lowest BCUT2D eigenvalue weighted by Gasteiger charge is -2.20. The van der Waals surface area contributed by atoms with Gasteiger partial charge in [-0.05, 0) is 56.7 Å². The molecule has 0 spiro atoms. The van der Waals surface area contributed by atoms with E-state index in [1.807, 2.05) is 11.3 Å². The lowest BCUT2D eigenvalue weighted by atomic mass is 10.2. The Morgan fingerprint density at radius 2 is 1.68 bits per heavy atom. The summed E-state index contributed by atoms with van der Waals surface area (Å²) in [6, 6.07) is 15.6. The van der Waals surface area contributed by atoms with Gasteiger partial charge in [-0.1, -0.05) is 17.4 Å². The summed E-state index contributed by atoms with van der Waals surface area (Å²) < 4.78 is 3.65. The van der Waals surface area contributed by atoms with Gasteiger partial charge in [-0.15, -0.1) is 0 Å². The van der Waals surface area contributed by atoms with Gasteiger partial charge in [0.1, 0.15) is 11.7 Å². The fourth-order valence-electron chi connectivity index (χ4n) is 2.92. The maximum absolute atomic E-state index is 2.37. The summed E-state index contributed by atoms with van der Waals surface area (Å²) in [6.45, 7) is 8.65. The minimum atomic E-state index is 1.05. The maximum atomic E-state index is 2.37. The van der Waals surface area contributed by atoms with Crippen molar-refractivity contribution >= 4 is 27.2 Å². The number of aromatic nitrogens is 1. The van der Waals surface area contributed by atoms with Crippen LogP contribution >= 0.6 is 11.3 Å². The number of anilines is 1. The highest BCUT2D eigenvalue weighted by molar-refractivity contribution is 7.21. The first-order valence-corrected chi connectivity index (χ1v) is 8.70. The molecular formula is C19H23N2S+. The van der Waals surface area contributed by atoms with Crippen LogP contribution < -0.4 is 9.47 Å². The van der Waals surface area contributed by atoms with Crippen LogP contribution in [0.5, 0.6) is 0 Å². The molecule has 0 aliphatic heterocycles. The molecule has 2 aromatic carbocycles. The minimum Gasteiger partial charge on any atom is -0.372 e. The zero-order chi connectivity index (χ0) is 15.7. The Bertz CT molecular complexity index is 783. The van der Waals surface area contributed by atoms with Gasteiger partial charge in [0.2, 0.25) is 5.52 Å². The zero-order valence-corrected chi connectivity index (χ0v) is 14.6. The van der Waals surface area contributed by atoms with Crippen LogP contribution in [0.1, 0.15) is 19.4 Å². The van der Waals surface area contributed by atoms with E-state index in [1.54, 1.807) is 0 Å². The summed E-state index contributed by atoms with van der Waals surface area (Å²) in [7, 11) is 2.15. The summed E-state index contributed by atoms with van der Waals surface area (Å²) >= 11 is 1.87. The summed E-state index contributed by atoms with van der Waals surface area (Å²) in [6.07, 6.45) is 0. The van der Waals surface area contributed by atoms with Gasteiger partial charge < -0.3 is 4.90 Å². The topological polar surface area (TPSA) is 7.12 Å². The predicted octanol–water partition coefficient (Wildman–Crippen LogP) is 4.55. The molecule has 0 atom stereocenters. The van der Waals surface area contributed by atoms with Crippen molar-refractivity contribution in [2.24, 2.45) is 7.05 Å². The average molecular weight is 311 g/mol. The van der Waals surface area contributed by atoms with Crippen LogP contribution in [0.15, 0.2) is 42.5 Å². The second-order valence-corrected chi connectivity index (χ2v) is 6.69. The van der Waals surface area contributed by atoms with Crippen molar-refractivity contribution in [3.8, 4) is 10.6 Å². The number of aryl methyl sites for hydroxylation is 2. The number of benzene rings is 2. The number of fused-ring (bicyclic) bond motifs is 1. The predicted molar refractivity (Wildman–Crippen MR) is 96.7 cm³/mol. The first-order valence-electron chi connectivity index (χ1n) is 7.88. The van der Waals surface area contributed by atoms with Gasteiger partial charge in [0.15, 0.2) is 0 Å². The Labute approximate surface area is 136 Å². The van der Waals surface area contributed by atoms with Gasteiger partial charge in [0.25, 0.3) is 5.01 Å². The van der Waals surface area contributed by atoms with E-state index in [1.165, 1.54) is 32.0 Å². The van der Waals surface area contributed by atoms with E-state index in [9.17, 15) is 0 Å². The van der Waals surface area contributed by atoms with E-state index < -0.39 is 0 Å². The molecule has 1 heterocycles. The normalized spacial score (nSPS) is 11.1. The summed E-state index contributed by atoms with van der Waals surface area (Å²) in [5.74, 6) is 0. The summed E-state index contributed by atoms with van der Waals surface area (Å²) in [5, 5.41) is 1.31. The van der Waals surface area contributed by atoms with E-state index in [4.69, 9.17) is 0 Å². The first-order chi connectivity index (χ1) is 10.6. The fraction of sp³-hybridized carbons (Fsp3) is 0.316. The van der Waals surface area contributed by atoms with Crippen molar-refractivity contribution in [3.05, 3.63) is 48.0 Å². The standard InChI is InChI=1S/C19H23N2S/c1-5-21(6-2)16-10-8-15(9-11-16)19-20(4)17-12-7-14(3)13-18(17)22-19/h7-13H,5-6H2,1-4H3/q+1. The van der Waals surface area contributed by atoms with Crippen molar-refractivity contribution in [2.75, 3.05) is 18.0 Å². The second kappa shape index (κ2) is 6.09. The number of thiazole rings is 1. The molecule has 0 amide bonds. The van der Waals surface area contributed by atoms with Crippen LogP contribution in [-0.2, 0) is 7.05 Å². The van der Waals surface area contributed by atoms with E-state index in [2.05, 4.69) is 79.8 Å². The monoisotopic (exact) mass is 311 g/mol. The lowest BCUT2D eigenvalue weighted by Crippen LogP contribution is -2.28. The molecule has 0 N–H and O–H groups in total. The molecule has 0 unspecified atom stereocenters. The largest absolute Gasteiger partial charge is 0.372 e. The van der Waals surface area contributed by atoms with E-state index in [0.29, 0.717) is 0 Å². The van der Waals surface area contributed by atoms with Gasteiger partial charge in [0, 0.05) is 24.8 Å². The van der Waals surface area contributed by atoms with Crippen molar-refractivity contribution in [1.29, 1.82) is 0 Å². The maximum Gasteiger partial charge on any atom is 0.269 e. The third-order valence-corrected chi connectivity index (χ3v) is 5.48. The Hall–Kier alpha value is -1.87. The van der Waals surface area contributed by atoms with Crippen molar-refractivity contribution in [1.82, 2.24) is 0 Å². The molecule has 0 saturated carbocycles. The number of rotatable bonds is 4. The lowest BCUT2D eigenvalue weighted by molar-refractivity contribution is -0.629. The molecule has 0 bridgehead atoms. The quantitative estimate of drug-likeness (QED) is 0.641. The van der Waals surface area contributed by atoms with Gasteiger partial charge in [0.05, 0.1) is 5.56 Å². The van der Waals surface area contributed by atoms with E-state index in [-0.39, 0.29) is 0 Å². The first kappa shape index (κ1) is 15.0. The Kier molecular flexibility index (Phi) is 4.16. The highest BCUT2D eigenvalue weighted by Crippen LogP contribution is 2.30. The van der Waals surface area contributed by atoms with Gasteiger partial charge in [-0.25, -0.2) is 0 Å². The Morgan fingerprint density at radius 3 is 2.32 bits per heavy atom. The highest BCUT2D eigenvalue weighted by atomic mass is 32.1. The molecule has 0 fully saturated rings. The summed E-state index contributed by atoms with van der Waals surface area (Å²) in [5.41, 5.74) is 5.21. The minimum absolute atomic E-state index is 1.05. The highest BCUT2D eigenvalue weighted by Gasteiger charge is 2.18. The van der Waals surface area contributed by atoms with Crippen LogP contribution in [0.3, 0.4) is 0 Å². The molecule has 2 nitrogen and oxygen atoms in total. The molecule has 0 radical (unpaired) electrons. The molecule has 3 rings (SSSR count). The molecule has 114 valence electrons. The van der Waals surface area contributed by atoms with Crippen molar-refractivity contribution < 1.29 is 4.57 Å². The molecule has 3 aromatic rings. The van der Waals surface area contributed by atoms with Crippen LogP contribution in [0.2, 0.25) is 0 Å². The second-order valence-electron chi connectivity index (χ2n) is 5.66. The van der Waals surface area contributed by atoms with Crippen LogP contribution in [0.4, 0.5) is 5.69 Å². The molecule has 0 aliphatic rings. The smallest absolute Gasteiger partial charge is 0.269 e. The van der Waals surface area contributed by atoms with Crippen molar-refractivity contribution in [3.63, 3.8) is 0 Å². The fourth-order valence-corrected chi connectivity index (χ4v) is 4.17. The van der Waals surface area contributed by atoms with Gasteiger partial charge >= 0.3 is 0 Å². The Morgan fingerprint density at radius 1 is 1.00 bits per heavy atom. The summed E-state index contributed by atoms with van der Waals surface area (Å²) in [4.78, 5) is 2.37. The van der Waals surface area contributed by atoms with E-state index >= 15 is 0 Å². The van der Waals surface area contributed by atoms with E-state index in [0.717, 1.165) is 13.1 Å². The third-order valence-electron chi connectivity index (χ3n) is 4.23. The van der Waals surface area contributed by atoms with Gasteiger partial charge in [-0.2, -0.15) is 4.57 Å². The number of nitrogens with zero attached hydrogens (tertiary/aromatic N) is 2.